The van der Waals surface area contributed by atoms with Crippen LogP contribution in [0.4, 0.5) is 0 Å². The Morgan fingerprint density at radius 1 is 0.588 bits per heavy atom. The van der Waals surface area contributed by atoms with E-state index in [4.69, 9.17) is 20.9 Å². The van der Waals surface area contributed by atoms with Gasteiger partial charge in [-0.15, -0.1) is 0 Å². The first-order valence-corrected chi connectivity index (χ1v) is 11.7. The first-order valence-electron chi connectivity index (χ1n) is 11.7. The lowest BCUT2D eigenvalue weighted by atomic mass is 10.1. The summed E-state index contributed by atoms with van der Waals surface area (Å²) in [4.78, 5) is 6.58. The molecule has 0 bridgehead atoms. The highest BCUT2D eigenvalue weighted by atomic mass is 16.5. The maximum absolute atomic E-state index is 6.05. The molecule has 2 heterocycles. The molecule has 2 aromatic heterocycles. The zero-order chi connectivity index (χ0) is 23.3. The van der Waals surface area contributed by atoms with Crippen LogP contribution < -0.4 is 20.9 Å². The first kappa shape index (κ1) is 22.1. The van der Waals surface area contributed by atoms with Gasteiger partial charge in [-0.3, -0.25) is 0 Å². The SMILES string of the molecule is NCCc1c[nH]c2ccc(OCc3ccc(COc4ccc5[nH]cc(CCN)c5c4)cc3)cc12. The van der Waals surface area contributed by atoms with Gasteiger partial charge in [0.1, 0.15) is 24.7 Å². The summed E-state index contributed by atoms with van der Waals surface area (Å²) in [7, 11) is 0. The summed E-state index contributed by atoms with van der Waals surface area (Å²) in [6.45, 7) is 2.28. The van der Waals surface area contributed by atoms with E-state index >= 15 is 0 Å². The molecule has 0 aliphatic rings. The van der Waals surface area contributed by atoms with E-state index in [0.717, 1.165) is 46.5 Å². The van der Waals surface area contributed by atoms with Crippen LogP contribution in [0, 0.1) is 0 Å². The number of aromatic amines is 2. The average molecular weight is 455 g/mol. The second-order valence-electron chi connectivity index (χ2n) is 8.51. The van der Waals surface area contributed by atoms with Gasteiger partial charge in [-0.1, -0.05) is 24.3 Å². The molecule has 0 aliphatic heterocycles. The maximum Gasteiger partial charge on any atom is 0.120 e. The molecule has 6 N–H and O–H groups in total. The topological polar surface area (TPSA) is 102 Å². The first-order chi connectivity index (χ1) is 16.7. The van der Waals surface area contributed by atoms with E-state index in [0.29, 0.717) is 26.3 Å². The van der Waals surface area contributed by atoms with Crippen molar-refractivity contribution in [1.82, 2.24) is 9.97 Å². The Bertz CT molecular complexity index is 1280. The van der Waals surface area contributed by atoms with E-state index in [1.807, 2.05) is 24.5 Å². The van der Waals surface area contributed by atoms with Crippen molar-refractivity contribution in [3.63, 3.8) is 0 Å². The van der Waals surface area contributed by atoms with Gasteiger partial charge in [0.05, 0.1) is 0 Å². The number of H-pyrrole nitrogens is 2. The van der Waals surface area contributed by atoms with Crippen molar-refractivity contribution in [2.45, 2.75) is 26.1 Å². The summed E-state index contributed by atoms with van der Waals surface area (Å²) in [5.41, 5.74) is 18.3. The van der Waals surface area contributed by atoms with Gasteiger partial charge in [0.25, 0.3) is 0 Å². The van der Waals surface area contributed by atoms with Crippen molar-refractivity contribution in [2.75, 3.05) is 13.1 Å². The van der Waals surface area contributed by atoms with E-state index in [1.54, 1.807) is 0 Å². The highest BCUT2D eigenvalue weighted by molar-refractivity contribution is 5.85. The summed E-state index contributed by atoms with van der Waals surface area (Å²) in [5.74, 6) is 1.71. The second-order valence-corrected chi connectivity index (χ2v) is 8.51. The van der Waals surface area contributed by atoms with Crippen LogP contribution in [0.5, 0.6) is 11.5 Å². The largest absolute Gasteiger partial charge is 0.489 e. The molecular weight excluding hydrogens is 424 g/mol. The fourth-order valence-electron chi connectivity index (χ4n) is 4.28. The van der Waals surface area contributed by atoms with Crippen LogP contribution in [-0.4, -0.2) is 23.1 Å². The molecule has 0 amide bonds. The van der Waals surface area contributed by atoms with Crippen LogP contribution in [0.1, 0.15) is 22.3 Å². The van der Waals surface area contributed by atoms with Crippen LogP contribution in [0.15, 0.2) is 73.1 Å². The number of nitrogens with two attached hydrogens (primary N) is 2. The molecule has 0 saturated carbocycles. The summed E-state index contributed by atoms with van der Waals surface area (Å²) in [6, 6.07) is 20.6. The van der Waals surface area contributed by atoms with Crippen molar-refractivity contribution in [3.8, 4) is 11.5 Å². The minimum atomic E-state index is 0.511. The molecule has 34 heavy (non-hydrogen) atoms. The number of ether oxygens (including phenoxy) is 2. The highest BCUT2D eigenvalue weighted by Crippen LogP contribution is 2.26. The van der Waals surface area contributed by atoms with Gasteiger partial charge in [0.2, 0.25) is 0 Å². The monoisotopic (exact) mass is 454 g/mol. The van der Waals surface area contributed by atoms with Crippen LogP contribution in [0.2, 0.25) is 0 Å². The molecule has 174 valence electrons. The molecular formula is C28H30N4O2. The van der Waals surface area contributed by atoms with Crippen molar-refractivity contribution >= 4 is 21.8 Å². The lowest BCUT2D eigenvalue weighted by Gasteiger charge is -2.09. The van der Waals surface area contributed by atoms with E-state index < -0.39 is 0 Å². The number of hydrogen-bond donors (Lipinski definition) is 4. The molecule has 3 aromatic carbocycles. The molecule has 0 fully saturated rings. The lowest BCUT2D eigenvalue weighted by Crippen LogP contribution is -2.02. The van der Waals surface area contributed by atoms with Crippen LogP contribution >= 0.6 is 0 Å². The third-order valence-corrected chi connectivity index (χ3v) is 6.14. The third-order valence-electron chi connectivity index (χ3n) is 6.14. The van der Waals surface area contributed by atoms with Gasteiger partial charge in [0, 0.05) is 34.2 Å². The van der Waals surface area contributed by atoms with Crippen molar-refractivity contribution in [1.29, 1.82) is 0 Å². The van der Waals surface area contributed by atoms with Crippen molar-refractivity contribution in [2.24, 2.45) is 11.5 Å². The number of fused-ring (bicyclic) bond motifs is 2. The maximum atomic E-state index is 6.05. The van der Waals surface area contributed by atoms with Crippen molar-refractivity contribution < 1.29 is 9.47 Å². The Morgan fingerprint density at radius 3 is 1.44 bits per heavy atom. The predicted molar refractivity (Wildman–Crippen MR) is 137 cm³/mol. The van der Waals surface area contributed by atoms with E-state index in [9.17, 15) is 0 Å². The average Bonchev–Trinajstić information content (AvgIpc) is 3.46. The van der Waals surface area contributed by atoms with Gasteiger partial charge < -0.3 is 30.9 Å². The standard InChI is InChI=1S/C28H30N4O2/c29-11-9-21-15-31-27-7-5-23(13-25(21)27)33-17-19-1-2-20(4-3-19)18-34-24-6-8-28-26(14-24)22(10-12-30)16-32-28/h1-8,13-16,31-32H,9-12,17-18,29-30H2. The Hall–Kier alpha value is -3.74. The van der Waals surface area contributed by atoms with Gasteiger partial charge in [-0.25, -0.2) is 0 Å². The number of rotatable bonds is 10. The Labute approximate surface area is 198 Å². The minimum absolute atomic E-state index is 0.511. The normalized spacial score (nSPS) is 11.4. The predicted octanol–water partition coefficient (Wildman–Crippen LogP) is 4.81. The fourth-order valence-corrected chi connectivity index (χ4v) is 4.28. The molecule has 6 heteroatoms. The molecule has 0 spiro atoms. The van der Waals surface area contributed by atoms with Gasteiger partial charge in [-0.05, 0) is 84.6 Å². The number of benzene rings is 3. The highest BCUT2D eigenvalue weighted by Gasteiger charge is 2.07. The zero-order valence-corrected chi connectivity index (χ0v) is 19.1. The van der Waals surface area contributed by atoms with Crippen LogP contribution in [0.25, 0.3) is 21.8 Å². The Kier molecular flexibility index (Phi) is 6.51. The smallest absolute Gasteiger partial charge is 0.120 e. The van der Waals surface area contributed by atoms with Crippen LogP contribution in [-0.2, 0) is 26.1 Å². The fraction of sp³-hybridized carbons (Fsp3) is 0.214. The van der Waals surface area contributed by atoms with E-state index in [1.165, 1.54) is 21.9 Å². The second kappa shape index (κ2) is 10.0. The lowest BCUT2D eigenvalue weighted by molar-refractivity contribution is 0.303. The number of aromatic nitrogens is 2. The van der Waals surface area contributed by atoms with Crippen molar-refractivity contribution in [3.05, 3.63) is 95.3 Å². The molecule has 6 nitrogen and oxygen atoms in total. The van der Waals surface area contributed by atoms with E-state index in [2.05, 4.69) is 58.5 Å². The Balaban J connectivity index is 1.19. The number of nitrogens with one attached hydrogen (secondary N) is 2. The molecule has 0 atom stereocenters. The molecule has 0 radical (unpaired) electrons. The summed E-state index contributed by atoms with van der Waals surface area (Å²) >= 11 is 0. The molecule has 0 saturated heterocycles. The van der Waals surface area contributed by atoms with Gasteiger partial charge in [0.15, 0.2) is 0 Å². The molecule has 0 aliphatic carbocycles. The van der Waals surface area contributed by atoms with E-state index in [-0.39, 0.29) is 0 Å². The third kappa shape index (κ3) is 4.78. The summed E-state index contributed by atoms with van der Waals surface area (Å²) in [5, 5.41) is 2.34. The van der Waals surface area contributed by atoms with Gasteiger partial charge in [-0.2, -0.15) is 0 Å². The zero-order valence-electron chi connectivity index (χ0n) is 19.1. The molecule has 5 rings (SSSR count). The summed E-state index contributed by atoms with van der Waals surface area (Å²) in [6.07, 6.45) is 5.75. The summed E-state index contributed by atoms with van der Waals surface area (Å²) < 4.78 is 12.1. The van der Waals surface area contributed by atoms with Gasteiger partial charge >= 0.3 is 0 Å². The van der Waals surface area contributed by atoms with Crippen LogP contribution in [0.3, 0.4) is 0 Å². The quantitative estimate of drug-likeness (QED) is 0.243. The minimum Gasteiger partial charge on any atom is -0.489 e. The molecule has 5 aromatic rings. The molecule has 0 unspecified atom stereocenters. The Morgan fingerprint density at radius 2 is 1.03 bits per heavy atom. The number of hydrogen-bond acceptors (Lipinski definition) is 4.